The van der Waals surface area contributed by atoms with Crippen LogP contribution in [0.25, 0.3) is 0 Å². The lowest BCUT2D eigenvalue weighted by molar-refractivity contribution is 0.0509. The molecule has 1 N–H and O–H groups in total. The standard InChI is InChI=1S/C16H15F3O2/c1-16(20,9-10-6-7-11(17)13(19)8-10)15-12(18)4-3-5-14(15)21-2/h3-8,20H,9H2,1-2H3. The molecule has 0 saturated carbocycles. The van der Waals surface area contributed by atoms with Crippen LogP contribution in [-0.4, -0.2) is 12.2 Å². The maximum atomic E-state index is 14.0. The molecule has 1 unspecified atom stereocenters. The van der Waals surface area contributed by atoms with Crippen LogP contribution in [0.4, 0.5) is 13.2 Å². The van der Waals surface area contributed by atoms with Crippen LogP contribution in [0.5, 0.6) is 5.75 Å². The van der Waals surface area contributed by atoms with E-state index in [0.29, 0.717) is 5.56 Å². The van der Waals surface area contributed by atoms with E-state index >= 15 is 0 Å². The SMILES string of the molecule is COc1cccc(F)c1C(C)(O)Cc1ccc(F)c(F)c1. The van der Waals surface area contributed by atoms with Crippen LogP contribution in [0.1, 0.15) is 18.1 Å². The van der Waals surface area contributed by atoms with Crippen molar-refractivity contribution in [3.63, 3.8) is 0 Å². The van der Waals surface area contributed by atoms with Gasteiger partial charge in [-0.1, -0.05) is 12.1 Å². The number of hydrogen-bond acceptors (Lipinski definition) is 2. The van der Waals surface area contributed by atoms with Crippen LogP contribution < -0.4 is 4.74 Å². The lowest BCUT2D eigenvalue weighted by Crippen LogP contribution is -2.26. The number of halogens is 3. The van der Waals surface area contributed by atoms with Crippen LogP contribution in [0.2, 0.25) is 0 Å². The Morgan fingerprint density at radius 3 is 2.38 bits per heavy atom. The highest BCUT2D eigenvalue weighted by molar-refractivity contribution is 5.40. The number of hydrogen-bond donors (Lipinski definition) is 1. The van der Waals surface area contributed by atoms with Crippen LogP contribution in [0.15, 0.2) is 36.4 Å². The monoisotopic (exact) mass is 296 g/mol. The van der Waals surface area contributed by atoms with Gasteiger partial charge < -0.3 is 9.84 Å². The van der Waals surface area contributed by atoms with Crippen molar-refractivity contribution >= 4 is 0 Å². The molecule has 2 rings (SSSR count). The Morgan fingerprint density at radius 1 is 1.05 bits per heavy atom. The van der Waals surface area contributed by atoms with Crippen molar-refractivity contribution in [2.45, 2.75) is 18.9 Å². The molecule has 0 spiro atoms. The summed E-state index contributed by atoms with van der Waals surface area (Å²) in [6.45, 7) is 1.40. The second kappa shape index (κ2) is 5.77. The molecule has 0 aliphatic rings. The molecule has 0 heterocycles. The number of ether oxygens (including phenoxy) is 1. The Balaban J connectivity index is 2.40. The Hall–Kier alpha value is -2.01. The van der Waals surface area contributed by atoms with Gasteiger partial charge in [0.1, 0.15) is 11.6 Å². The molecule has 5 heteroatoms. The summed E-state index contributed by atoms with van der Waals surface area (Å²) in [6.07, 6.45) is -0.0819. The van der Waals surface area contributed by atoms with Gasteiger partial charge in [-0.05, 0) is 36.8 Å². The van der Waals surface area contributed by atoms with Gasteiger partial charge in [-0.3, -0.25) is 0 Å². The van der Waals surface area contributed by atoms with Crippen molar-refractivity contribution in [1.29, 1.82) is 0 Å². The van der Waals surface area contributed by atoms with Crippen molar-refractivity contribution in [3.8, 4) is 5.75 Å². The first kappa shape index (κ1) is 15.4. The van der Waals surface area contributed by atoms with E-state index in [2.05, 4.69) is 0 Å². The summed E-state index contributed by atoms with van der Waals surface area (Å²) < 4.78 is 45.2. The second-order valence-corrected chi connectivity index (χ2v) is 5.02. The molecule has 0 aromatic heterocycles. The predicted octanol–water partition coefficient (Wildman–Crippen LogP) is 3.56. The van der Waals surface area contributed by atoms with Crippen molar-refractivity contribution in [2.24, 2.45) is 0 Å². The van der Waals surface area contributed by atoms with Gasteiger partial charge in [0.2, 0.25) is 0 Å². The van der Waals surface area contributed by atoms with E-state index < -0.39 is 23.1 Å². The first-order valence-corrected chi connectivity index (χ1v) is 6.34. The van der Waals surface area contributed by atoms with Crippen molar-refractivity contribution < 1.29 is 23.0 Å². The summed E-state index contributed by atoms with van der Waals surface area (Å²) >= 11 is 0. The fourth-order valence-electron chi connectivity index (χ4n) is 2.33. The maximum absolute atomic E-state index is 14.0. The van der Waals surface area contributed by atoms with Gasteiger partial charge >= 0.3 is 0 Å². The fourth-order valence-corrected chi connectivity index (χ4v) is 2.33. The van der Waals surface area contributed by atoms with E-state index in [4.69, 9.17) is 4.74 Å². The molecule has 0 amide bonds. The first-order valence-electron chi connectivity index (χ1n) is 6.34. The molecule has 0 radical (unpaired) electrons. The molecule has 0 bridgehead atoms. The van der Waals surface area contributed by atoms with E-state index in [9.17, 15) is 18.3 Å². The maximum Gasteiger partial charge on any atom is 0.159 e. The number of methoxy groups -OCH3 is 1. The molecule has 2 aromatic rings. The van der Waals surface area contributed by atoms with Gasteiger partial charge in [0.15, 0.2) is 11.6 Å². The Bertz CT molecular complexity index is 654. The van der Waals surface area contributed by atoms with Crippen LogP contribution >= 0.6 is 0 Å². The van der Waals surface area contributed by atoms with Crippen molar-refractivity contribution in [2.75, 3.05) is 7.11 Å². The first-order chi connectivity index (χ1) is 9.85. The molecule has 0 saturated heterocycles. The third-order valence-electron chi connectivity index (χ3n) is 3.27. The molecule has 1 atom stereocenters. The normalized spacial score (nSPS) is 13.8. The quantitative estimate of drug-likeness (QED) is 0.934. The topological polar surface area (TPSA) is 29.5 Å². The zero-order valence-electron chi connectivity index (χ0n) is 11.7. The summed E-state index contributed by atoms with van der Waals surface area (Å²) in [6, 6.07) is 7.50. The average molecular weight is 296 g/mol. The zero-order valence-corrected chi connectivity index (χ0v) is 11.7. The molecule has 112 valence electrons. The van der Waals surface area contributed by atoms with E-state index in [-0.39, 0.29) is 17.7 Å². The Labute approximate surface area is 120 Å². The van der Waals surface area contributed by atoms with Gasteiger partial charge in [-0.2, -0.15) is 0 Å². The predicted molar refractivity (Wildman–Crippen MR) is 72.6 cm³/mol. The lowest BCUT2D eigenvalue weighted by Gasteiger charge is -2.26. The summed E-state index contributed by atoms with van der Waals surface area (Å²) in [5.74, 6) is -2.41. The van der Waals surface area contributed by atoms with Crippen molar-refractivity contribution in [1.82, 2.24) is 0 Å². The fraction of sp³-hybridized carbons (Fsp3) is 0.250. The average Bonchev–Trinajstić information content (AvgIpc) is 2.42. The van der Waals surface area contributed by atoms with Gasteiger partial charge in [-0.25, -0.2) is 13.2 Å². The van der Waals surface area contributed by atoms with Crippen LogP contribution in [0.3, 0.4) is 0 Å². The van der Waals surface area contributed by atoms with E-state index in [1.54, 1.807) is 0 Å². The molecule has 21 heavy (non-hydrogen) atoms. The summed E-state index contributed by atoms with van der Waals surface area (Å²) in [7, 11) is 1.37. The molecule has 0 aliphatic heterocycles. The molecule has 0 aliphatic carbocycles. The van der Waals surface area contributed by atoms with E-state index in [0.717, 1.165) is 12.1 Å². The highest BCUT2D eigenvalue weighted by atomic mass is 19.2. The summed E-state index contributed by atoms with van der Waals surface area (Å²) in [5.41, 5.74) is -1.29. The largest absolute Gasteiger partial charge is 0.496 e. The summed E-state index contributed by atoms with van der Waals surface area (Å²) in [5, 5.41) is 10.6. The van der Waals surface area contributed by atoms with Gasteiger partial charge in [0.05, 0.1) is 18.3 Å². The Morgan fingerprint density at radius 2 is 1.76 bits per heavy atom. The minimum atomic E-state index is -1.62. The molecule has 0 fully saturated rings. The van der Waals surface area contributed by atoms with Gasteiger partial charge in [0.25, 0.3) is 0 Å². The van der Waals surface area contributed by atoms with Crippen LogP contribution in [-0.2, 0) is 12.0 Å². The molecule has 2 nitrogen and oxygen atoms in total. The number of benzene rings is 2. The minimum absolute atomic E-state index is 0.0165. The number of aliphatic hydroxyl groups is 1. The molecular weight excluding hydrogens is 281 g/mol. The van der Waals surface area contributed by atoms with Gasteiger partial charge in [0, 0.05) is 6.42 Å². The minimum Gasteiger partial charge on any atom is -0.496 e. The smallest absolute Gasteiger partial charge is 0.159 e. The van der Waals surface area contributed by atoms with E-state index in [1.807, 2.05) is 0 Å². The molecular formula is C16H15F3O2. The lowest BCUT2D eigenvalue weighted by atomic mass is 9.88. The van der Waals surface area contributed by atoms with E-state index in [1.165, 1.54) is 38.3 Å². The third kappa shape index (κ3) is 3.19. The molecule has 2 aromatic carbocycles. The number of rotatable bonds is 4. The van der Waals surface area contributed by atoms with Gasteiger partial charge in [-0.15, -0.1) is 0 Å². The zero-order chi connectivity index (χ0) is 15.6. The second-order valence-electron chi connectivity index (χ2n) is 5.02. The summed E-state index contributed by atoms with van der Waals surface area (Å²) in [4.78, 5) is 0. The highest BCUT2D eigenvalue weighted by Crippen LogP contribution is 2.34. The third-order valence-corrected chi connectivity index (χ3v) is 3.27. The Kier molecular flexibility index (Phi) is 4.23. The van der Waals surface area contributed by atoms with Crippen LogP contribution in [0, 0.1) is 17.5 Å². The van der Waals surface area contributed by atoms with Crippen molar-refractivity contribution in [3.05, 3.63) is 65.0 Å². The highest BCUT2D eigenvalue weighted by Gasteiger charge is 2.30.